The maximum atomic E-state index is 13.5. The van der Waals surface area contributed by atoms with E-state index in [0.29, 0.717) is 23.4 Å². The summed E-state index contributed by atoms with van der Waals surface area (Å²) in [5.74, 6) is 0.517. The molecule has 0 spiro atoms. The molecule has 166 valence electrons. The van der Waals surface area contributed by atoms with E-state index in [1.807, 2.05) is 19.9 Å². The van der Waals surface area contributed by atoms with Gasteiger partial charge in [-0.2, -0.15) is 0 Å². The molecular formula is C24H25FN4O3. The minimum Gasteiger partial charge on any atom is -0.491 e. The summed E-state index contributed by atoms with van der Waals surface area (Å²) in [5, 5.41) is 5.11. The summed E-state index contributed by atoms with van der Waals surface area (Å²) >= 11 is 0. The molecule has 3 aromatic heterocycles. The van der Waals surface area contributed by atoms with Gasteiger partial charge < -0.3 is 14.2 Å². The van der Waals surface area contributed by atoms with E-state index in [9.17, 15) is 9.18 Å². The Balaban J connectivity index is 1.45. The number of rotatable bonds is 4. The van der Waals surface area contributed by atoms with E-state index in [-0.39, 0.29) is 17.3 Å². The first-order valence-electron chi connectivity index (χ1n) is 10.9. The SMILES string of the molecule is CCc1c(C)nc2c(OC)c(N3CCC(c4noc5cc(F)ccc45)CC3)ccn2c1=O. The van der Waals surface area contributed by atoms with Gasteiger partial charge in [0.15, 0.2) is 17.0 Å². The molecule has 4 aromatic rings. The highest BCUT2D eigenvalue weighted by Gasteiger charge is 2.27. The number of pyridine rings is 1. The molecule has 5 rings (SSSR count). The van der Waals surface area contributed by atoms with Crippen LogP contribution in [0.2, 0.25) is 0 Å². The highest BCUT2D eigenvalue weighted by molar-refractivity contribution is 5.80. The van der Waals surface area contributed by atoms with Gasteiger partial charge in [0.2, 0.25) is 0 Å². The van der Waals surface area contributed by atoms with Gasteiger partial charge in [0.25, 0.3) is 5.56 Å². The van der Waals surface area contributed by atoms with Crippen LogP contribution in [0.1, 0.15) is 42.6 Å². The fourth-order valence-corrected chi connectivity index (χ4v) is 4.78. The van der Waals surface area contributed by atoms with E-state index >= 15 is 0 Å². The number of ether oxygens (including phenoxy) is 1. The predicted octanol–water partition coefficient (Wildman–Crippen LogP) is 4.24. The zero-order valence-electron chi connectivity index (χ0n) is 18.4. The number of aryl methyl sites for hydroxylation is 1. The van der Waals surface area contributed by atoms with E-state index < -0.39 is 0 Å². The third-order valence-corrected chi connectivity index (χ3v) is 6.47. The number of piperidine rings is 1. The van der Waals surface area contributed by atoms with Crippen molar-refractivity contribution in [2.24, 2.45) is 0 Å². The molecule has 32 heavy (non-hydrogen) atoms. The number of hydrogen-bond acceptors (Lipinski definition) is 6. The van der Waals surface area contributed by atoms with Crippen molar-refractivity contribution in [3.63, 3.8) is 0 Å². The minimum atomic E-state index is -0.326. The maximum absolute atomic E-state index is 13.5. The van der Waals surface area contributed by atoms with E-state index in [0.717, 1.165) is 54.0 Å². The van der Waals surface area contributed by atoms with Gasteiger partial charge in [0, 0.05) is 47.9 Å². The summed E-state index contributed by atoms with van der Waals surface area (Å²) in [6.07, 6.45) is 4.18. The van der Waals surface area contributed by atoms with Gasteiger partial charge in [-0.05, 0) is 44.4 Å². The van der Waals surface area contributed by atoms with E-state index in [1.54, 1.807) is 23.8 Å². The van der Waals surface area contributed by atoms with Crippen LogP contribution in [0.5, 0.6) is 5.75 Å². The molecule has 0 atom stereocenters. The molecule has 1 fully saturated rings. The molecule has 1 saturated heterocycles. The first-order chi connectivity index (χ1) is 15.5. The minimum absolute atomic E-state index is 0.0482. The highest BCUT2D eigenvalue weighted by atomic mass is 19.1. The highest BCUT2D eigenvalue weighted by Crippen LogP contribution is 2.38. The number of aromatic nitrogens is 3. The van der Waals surface area contributed by atoms with Crippen LogP contribution in [0, 0.1) is 12.7 Å². The standard InChI is InChI=1S/C24H25FN4O3/c1-4-17-14(2)26-23-22(31-3)19(9-12-29(23)24(17)30)28-10-7-15(8-11-28)21-18-6-5-16(25)13-20(18)32-27-21/h5-6,9,12-13,15H,4,7-8,10-11H2,1-3H3. The second kappa shape index (κ2) is 7.93. The molecule has 1 aromatic carbocycles. The lowest BCUT2D eigenvalue weighted by atomic mass is 9.91. The lowest BCUT2D eigenvalue weighted by molar-refractivity contribution is 0.405. The van der Waals surface area contributed by atoms with Crippen LogP contribution in [0.25, 0.3) is 16.6 Å². The van der Waals surface area contributed by atoms with Crippen molar-refractivity contribution >= 4 is 22.3 Å². The number of benzene rings is 1. The second-order valence-corrected chi connectivity index (χ2v) is 8.23. The van der Waals surface area contributed by atoms with Crippen LogP contribution in [-0.4, -0.2) is 34.7 Å². The summed E-state index contributed by atoms with van der Waals surface area (Å²) in [6.45, 7) is 5.42. The molecule has 0 amide bonds. The van der Waals surface area contributed by atoms with Crippen molar-refractivity contribution in [1.82, 2.24) is 14.5 Å². The molecule has 1 aliphatic heterocycles. The topological polar surface area (TPSA) is 72.9 Å². The Morgan fingerprint density at radius 3 is 2.75 bits per heavy atom. The van der Waals surface area contributed by atoms with Crippen molar-refractivity contribution in [1.29, 1.82) is 0 Å². The van der Waals surface area contributed by atoms with E-state index in [1.165, 1.54) is 12.1 Å². The number of hydrogen-bond donors (Lipinski definition) is 0. The molecule has 0 saturated carbocycles. The monoisotopic (exact) mass is 436 g/mol. The van der Waals surface area contributed by atoms with Crippen LogP contribution < -0.4 is 15.2 Å². The summed E-state index contributed by atoms with van der Waals surface area (Å²) < 4.78 is 26.1. The summed E-state index contributed by atoms with van der Waals surface area (Å²) in [5.41, 5.74) is 4.25. The second-order valence-electron chi connectivity index (χ2n) is 8.23. The molecule has 0 bridgehead atoms. The first-order valence-corrected chi connectivity index (χ1v) is 10.9. The molecule has 0 radical (unpaired) electrons. The number of halogens is 1. The average molecular weight is 436 g/mol. The number of anilines is 1. The maximum Gasteiger partial charge on any atom is 0.261 e. The molecular weight excluding hydrogens is 411 g/mol. The normalized spacial score (nSPS) is 15.1. The summed E-state index contributed by atoms with van der Waals surface area (Å²) in [6, 6.07) is 6.49. The van der Waals surface area contributed by atoms with Crippen LogP contribution in [-0.2, 0) is 6.42 Å². The van der Waals surface area contributed by atoms with Crippen LogP contribution in [0.15, 0.2) is 39.8 Å². The third-order valence-electron chi connectivity index (χ3n) is 6.47. The van der Waals surface area contributed by atoms with Crippen molar-refractivity contribution in [2.45, 2.75) is 39.0 Å². The Bertz CT molecular complexity index is 1370. The zero-order chi connectivity index (χ0) is 22.4. The molecule has 7 nitrogen and oxygen atoms in total. The van der Waals surface area contributed by atoms with Crippen molar-refractivity contribution in [2.75, 3.05) is 25.1 Å². The fourth-order valence-electron chi connectivity index (χ4n) is 4.78. The van der Waals surface area contributed by atoms with Gasteiger partial charge in [0.05, 0.1) is 18.5 Å². The lowest BCUT2D eigenvalue weighted by Crippen LogP contribution is -2.33. The molecule has 8 heteroatoms. The Labute approximate surface area is 184 Å². The van der Waals surface area contributed by atoms with Gasteiger partial charge in [-0.15, -0.1) is 0 Å². The predicted molar refractivity (Wildman–Crippen MR) is 120 cm³/mol. The van der Waals surface area contributed by atoms with Gasteiger partial charge in [-0.25, -0.2) is 9.37 Å². The first kappa shape index (κ1) is 20.5. The zero-order valence-corrected chi connectivity index (χ0v) is 18.4. The van der Waals surface area contributed by atoms with E-state index in [2.05, 4.69) is 15.0 Å². The Morgan fingerprint density at radius 2 is 2.03 bits per heavy atom. The Kier molecular flexibility index (Phi) is 5.07. The third kappa shape index (κ3) is 3.21. The van der Waals surface area contributed by atoms with Gasteiger partial charge in [-0.3, -0.25) is 9.20 Å². The van der Waals surface area contributed by atoms with Crippen molar-refractivity contribution < 1.29 is 13.7 Å². The van der Waals surface area contributed by atoms with Gasteiger partial charge >= 0.3 is 0 Å². The van der Waals surface area contributed by atoms with Gasteiger partial charge in [-0.1, -0.05) is 12.1 Å². The summed E-state index contributed by atoms with van der Waals surface area (Å²) in [4.78, 5) is 19.8. The molecule has 0 N–H and O–H groups in total. The molecule has 0 unspecified atom stereocenters. The molecule has 1 aliphatic rings. The van der Waals surface area contributed by atoms with E-state index in [4.69, 9.17) is 9.26 Å². The average Bonchev–Trinajstić information content (AvgIpc) is 3.21. The lowest BCUT2D eigenvalue weighted by Gasteiger charge is -2.33. The van der Waals surface area contributed by atoms with Crippen LogP contribution in [0.3, 0.4) is 0 Å². The summed E-state index contributed by atoms with van der Waals surface area (Å²) in [7, 11) is 1.61. The Hall–Kier alpha value is -3.42. The van der Waals surface area contributed by atoms with Crippen LogP contribution >= 0.6 is 0 Å². The smallest absolute Gasteiger partial charge is 0.261 e. The molecule has 0 aliphatic carbocycles. The fraction of sp³-hybridized carbons (Fsp3) is 0.375. The largest absolute Gasteiger partial charge is 0.491 e. The number of fused-ring (bicyclic) bond motifs is 2. The number of nitrogens with zero attached hydrogens (tertiary/aromatic N) is 4. The van der Waals surface area contributed by atoms with Gasteiger partial charge in [0.1, 0.15) is 5.82 Å². The Morgan fingerprint density at radius 1 is 1.25 bits per heavy atom. The number of methoxy groups -OCH3 is 1. The van der Waals surface area contributed by atoms with Crippen LogP contribution in [0.4, 0.5) is 10.1 Å². The molecule has 4 heterocycles. The van der Waals surface area contributed by atoms with Crippen molar-refractivity contribution in [3.8, 4) is 5.75 Å². The van der Waals surface area contributed by atoms with Crippen molar-refractivity contribution in [3.05, 3.63) is 63.6 Å². The quantitative estimate of drug-likeness (QED) is 0.477.